The van der Waals surface area contributed by atoms with Crippen molar-refractivity contribution in [1.29, 1.82) is 0 Å². The van der Waals surface area contributed by atoms with E-state index in [1.165, 1.54) is 12.1 Å². The van der Waals surface area contributed by atoms with Crippen LogP contribution in [-0.2, 0) is 17.1 Å². The molecule has 0 fully saturated rings. The minimum absolute atomic E-state index is 0.215. The van der Waals surface area contributed by atoms with Gasteiger partial charge in [0.15, 0.2) is 0 Å². The number of aromatic nitrogens is 2. The van der Waals surface area contributed by atoms with E-state index >= 15 is 0 Å². The topological polar surface area (TPSA) is 93.1 Å². The summed E-state index contributed by atoms with van der Waals surface area (Å²) in [6.07, 6.45) is 0. The van der Waals surface area contributed by atoms with Crippen LogP contribution in [0, 0.1) is 6.92 Å². The molecular weight excluding hydrogens is 360 g/mol. The first kappa shape index (κ1) is 17.2. The molecule has 0 aliphatic carbocycles. The Labute approximate surface area is 149 Å². The quantitative estimate of drug-likeness (QED) is 0.716. The van der Waals surface area contributed by atoms with E-state index < -0.39 is 10.0 Å². The molecule has 0 spiro atoms. The van der Waals surface area contributed by atoms with Gasteiger partial charge in [0, 0.05) is 24.4 Å². The van der Waals surface area contributed by atoms with Gasteiger partial charge in [-0.05, 0) is 36.6 Å². The summed E-state index contributed by atoms with van der Waals surface area (Å²) in [5, 5.41) is 8.60. The largest absolute Gasteiger partial charge is 0.307 e. The molecule has 0 aliphatic heterocycles. The van der Waals surface area contributed by atoms with E-state index in [0.29, 0.717) is 17.1 Å². The van der Waals surface area contributed by atoms with Gasteiger partial charge in [-0.2, -0.15) is 5.10 Å². The van der Waals surface area contributed by atoms with Crippen LogP contribution in [0.1, 0.15) is 16.1 Å². The second kappa shape index (κ2) is 6.69. The summed E-state index contributed by atoms with van der Waals surface area (Å²) in [6.45, 7) is 1.83. The highest BCUT2D eigenvalue weighted by molar-refractivity contribution is 7.94. The molecule has 25 heavy (non-hydrogen) atoms. The van der Waals surface area contributed by atoms with Crippen molar-refractivity contribution in [3.63, 3.8) is 0 Å². The van der Waals surface area contributed by atoms with Crippen molar-refractivity contribution in [3.8, 4) is 0 Å². The molecule has 0 bridgehead atoms. The van der Waals surface area contributed by atoms with Gasteiger partial charge in [0.1, 0.15) is 10.0 Å². The number of hydrogen-bond acceptors (Lipinski definition) is 5. The Morgan fingerprint density at radius 1 is 1.20 bits per heavy atom. The van der Waals surface area contributed by atoms with E-state index in [9.17, 15) is 13.2 Å². The van der Waals surface area contributed by atoms with Gasteiger partial charge in [-0.15, -0.1) is 11.3 Å². The molecule has 0 aliphatic rings. The molecule has 130 valence electrons. The van der Waals surface area contributed by atoms with Gasteiger partial charge >= 0.3 is 0 Å². The lowest BCUT2D eigenvalue weighted by Crippen LogP contribution is -2.16. The van der Waals surface area contributed by atoms with Crippen LogP contribution in [0.3, 0.4) is 0 Å². The highest BCUT2D eigenvalue weighted by atomic mass is 32.2. The number of thiophene rings is 1. The number of benzene rings is 1. The first-order chi connectivity index (χ1) is 11.8. The molecular formula is C16H16N4O3S2. The van der Waals surface area contributed by atoms with E-state index in [0.717, 1.165) is 17.0 Å². The van der Waals surface area contributed by atoms with Crippen LogP contribution in [0.15, 0.2) is 52.1 Å². The fraction of sp³-hybridized carbons (Fsp3) is 0.125. The van der Waals surface area contributed by atoms with Gasteiger partial charge in [0.2, 0.25) is 0 Å². The fourth-order valence-corrected chi connectivity index (χ4v) is 4.30. The maximum atomic E-state index is 12.4. The fourth-order valence-electron chi connectivity index (χ4n) is 2.26. The van der Waals surface area contributed by atoms with Crippen LogP contribution < -0.4 is 10.0 Å². The van der Waals surface area contributed by atoms with Crippen LogP contribution in [0.5, 0.6) is 0 Å². The van der Waals surface area contributed by atoms with E-state index in [1.54, 1.807) is 47.4 Å². The van der Waals surface area contributed by atoms with Crippen LogP contribution in [0.2, 0.25) is 0 Å². The van der Waals surface area contributed by atoms with Gasteiger partial charge in [0.25, 0.3) is 15.9 Å². The Bertz CT molecular complexity index is 1010. The molecule has 0 unspecified atom stereocenters. The Hall–Kier alpha value is -2.65. The number of aryl methyl sites for hydroxylation is 2. The molecule has 3 rings (SSSR count). The zero-order chi connectivity index (χ0) is 18.0. The Kier molecular flexibility index (Phi) is 4.60. The maximum absolute atomic E-state index is 12.4. The zero-order valence-electron chi connectivity index (χ0n) is 13.6. The van der Waals surface area contributed by atoms with Crippen molar-refractivity contribution >= 4 is 38.8 Å². The van der Waals surface area contributed by atoms with Crippen LogP contribution in [0.25, 0.3) is 0 Å². The van der Waals surface area contributed by atoms with Gasteiger partial charge in [-0.25, -0.2) is 8.42 Å². The number of hydrogen-bond donors (Lipinski definition) is 2. The highest BCUT2D eigenvalue weighted by Crippen LogP contribution is 2.21. The third kappa shape index (κ3) is 3.89. The predicted molar refractivity (Wildman–Crippen MR) is 97.5 cm³/mol. The Morgan fingerprint density at radius 2 is 2.00 bits per heavy atom. The zero-order valence-corrected chi connectivity index (χ0v) is 15.2. The van der Waals surface area contributed by atoms with Crippen LogP contribution >= 0.6 is 11.3 Å². The molecule has 0 atom stereocenters. The van der Waals surface area contributed by atoms with Crippen molar-refractivity contribution in [2.75, 3.05) is 10.0 Å². The number of carbonyl (C=O) groups excluding carboxylic acids is 1. The summed E-state index contributed by atoms with van der Waals surface area (Å²) in [4.78, 5) is 12.4. The summed E-state index contributed by atoms with van der Waals surface area (Å²) in [5.74, 6) is 0.215. The van der Waals surface area contributed by atoms with E-state index in [4.69, 9.17) is 0 Å². The van der Waals surface area contributed by atoms with Gasteiger partial charge in [-0.1, -0.05) is 12.1 Å². The minimum Gasteiger partial charge on any atom is -0.307 e. The van der Waals surface area contributed by atoms with Gasteiger partial charge < -0.3 is 5.32 Å². The Morgan fingerprint density at radius 3 is 2.64 bits per heavy atom. The van der Waals surface area contributed by atoms with Crippen molar-refractivity contribution < 1.29 is 13.2 Å². The number of sulfonamides is 1. The molecule has 2 aromatic heterocycles. The van der Waals surface area contributed by atoms with Crippen molar-refractivity contribution in [2.45, 2.75) is 11.1 Å². The number of nitrogens with one attached hydrogen (secondary N) is 2. The number of amides is 1. The molecule has 0 saturated carbocycles. The lowest BCUT2D eigenvalue weighted by molar-refractivity contribution is 0.102. The number of carbonyl (C=O) groups is 1. The SMILES string of the molecule is Cc1cc(NC(=O)c2cccc(NS(=O)(=O)c3cccs3)c2)n(C)n1. The van der Waals surface area contributed by atoms with Crippen LogP contribution in [0.4, 0.5) is 11.5 Å². The summed E-state index contributed by atoms with van der Waals surface area (Å²) in [6, 6.07) is 11.3. The molecule has 1 aromatic carbocycles. The lowest BCUT2D eigenvalue weighted by Gasteiger charge is -2.09. The molecule has 1 amide bonds. The predicted octanol–water partition coefficient (Wildman–Crippen LogP) is 2.84. The third-order valence-corrected chi connectivity index (χ3v) is 6.16. The molecule has 9 heteroatoms. The van der Waals surface area contributed by atoms with E-state index in [1.807, 2.05) is 6.92 Å². The highest BCUT2D eigenvalue weighted by Gasteiger charge is 2.16. The number of rotatable bonds is 5. The number of nitrogens with zero attached hydrogens (tertiary/aromatic N) is 2. The second-order valence-electron chi connectivity index (χ2n) is 5.37. The molecule has 0 radical (unpaired) electrons. The smallest absolute Gasteiger partial charge is 0.271 e. The lowest BCUT2D eigenvalue weighted by atomic mass is 10.2. The molecule has 0 saturated heterocycles. The average molecular weight is 376 g/mol. The average Bonchev–Trinajstić information content (AvgIpc) is 3.18. The van der Waals surface area contributed by atoms with Gasteiger partial charge in [-0.3, -0.25) is 14.2 Å². The molecule has 3 aromatic rings. The Balaban J connectivity index is 1.79. The second-order valence-corrected chi connectivity index (χ2v) is 8.22. The monoisotopic (exact) mass is 376 g/mol. The third-order valence-electron chi connectivity index (χ3n) is 3.38. The summed E-state index contributed by atoms with van der Waals surface area (Å²) < 4.78 is 28.8. The molecule has 2 N–H and O–H groups in total. The van der Waals surface area contributed by atoms with Gasteiger partial charge in [0.05, 0.1) is 5.69 Å². The minimum atomic E-state index is -3.65. The van der Waals surface area contributed by atoms with E-state index in [2.05, 4.69) is 15.1 Å². The first-order valence-corrected chi connectivity index (χ1v) is 9.70. The standard InChI is InChI=1S/C16H16N4O3S2/c1-11-9-14(20(2)18-11)17-16(21)12-5-3-6-13(10-12)19-25(22,23)15-7-4-8-24-15/h3-10,19H,1-2H3,(H,17,21). The molecule has 7 nitrogen and oxygen atoms in total. The summed E-state index contributed by atoms with van der Waals surface area (Å²) in [5.41, 5.74) is 1.45. The molecule has 2 heterocycles. The summed E-state index contributed by atoms with van der Waals surface area (Å²) in [7, 11) is -1.92. The van der Waals surface area contributed by atoms with Crippen molar-refractivity contribution in [3.05, 3.63) is 59.1 Å². The van der Waals surface area contributed by atoms with E-state index in [-0.39, 0.29) is 10.1 Å². The normalized spacial score (nSPS) is 11.3. The summed E-state index contributed by atoms with van der Waals surface area (Å²) >= 11 is 1.13. The van der Waals surface area contributed by atoms with Crippen LogP contribution in [-0.4, -0.2) is 24.1 Å². The maximum Gasteiger partial charge on any atom is 0.271 e. The first-order valence-electron chi connectivity index (χ1n) is 7.33. The van der Waals surface area contributed by atoms with Crippen molar-refractivity contribution in [2.24, 2.45) is 7.05 Å². The number of anilines is 2. The van der Waals surface area contributed by atoms with Crippen molar-refractivity contribution in [1.82, 2.24) is 9.78 Å².